The molecular formula is C22H26N6O. The Morgan fingerprint density at radius 3 is 2.66 bits per heavy atom. The smallest absolute Gasteiger partial charge is 0.271 e. The summed E-state index contributed by atoms with van der Waals surface area (Å²) in [5.74, 6) is 0.540. The molecule has 2 aromatic heterocycles. The summed E-state index contributed by atoms with van der Waals surface area (Å²) in [4.78, 5) is 32.1. The molecule has 0 bridgehead atoms. The van der Waals surface area contributed by atoms with E-state index in [2.05, 4.69) is 50.2 Å². The molecule has 29 heavy (non-hydrogen) atoms. The van der Waals surface area contributed by atoms with E-state index in [-0.39, 0.29) is 5.91 Å². The first-order chi connectivity index (χ1) is 14.3. The molecule has 3 aromatic rings. The molecule has 5 rings (SSSR count). The average molecular weight is 390 g/mol. The van der Waals surface area contributed by atoms with E-state index in [0.29, 0.717) is 17.7 Å². The lowest BCUT2D eigenvalue weighted by molar-refractivity contribution is 0.0525. The van der Waals surface area contributed by atoms with Crippen molar-refractivity contribution >= 4 is 5.91 Å². The Kier molecular flexibility index (Phi) is 4.89. The van der Waals surface area contributed by atoms with Gasteiger partial charge < -0.3 is 14.9 Å². The number of nitrogens with one attached hydrogen (secondary N) is 2. The minimum Gasteiger partial charge on any atom is -0.348 e. The van der Waals surface area contributed by atoms with Gasteiger partial charge >= 0.3 is 0 Å². The minimum atomic E-state index is 0.0474. The number of piperidine rings is 1. The maximum Gasteiger partial charge on any atom is 0.271 e. The summed E-state index contributed by atoms with van der Waals surface area (Å²) in [6.07, 6.45) is 7.98. The van der Waals surface area contributed by atoms with E-state index < -0.39 is 0 Å². The lowest BCUT2D eigenvalue weighted by atomic mass is 9.83. The molecular weight excluding hydrogens is 364 g/mol. The molecule has 0 saturated carbocycles. The Balaban J connectivity index is 1.33. The molecule has 1 saturated heterocycles. The van der Waals surface area contributed by atoms with Crippen molar-refractivity contribution in [3.63, 3.8) is 0 Å². The fourth-order valence-electron chi connectivity index (χ4n) is 4.83. The van der Waals surface area contributed by atoms with Gasteiger partial charge in [-0.15, -0.1) is 0 Å². The van der Waals surface area contributed by atoms with Crippen LogP contribution >= 0.6 is 0 Å². The van der Waals surface area contributed by atoms with E-state index in [9.17, 15) is 4.79 Å². The fraction of sp³-hybridized carbons (Fsp3) is 0.409. The predicted octanol–water partition coefficient (Wildman–Crippen LogP) is 2.78. The largest absolute Gasteiger partial charge is 0.348 e. The zero-order chi connectivity index (χ0) is 19.6. The molecule has 2 N–H and O–H groups in total. The van der Waals surface area contributed by atoms with E-state index in [1.807, 2.05) is 11.2 Å². The molecule has 7 heteroatoms. The van der Waals surface area contributed by atoms with Crippen molar-refractivity contribution in [1.82, 2.24) is 29.7 Å². The predicted molar refractivity (Wildman–Crippen MR) is 109 cm³/mol. The number of fused-ring (bicyclic) bond motifs is 1. The molecule has 1 atom stereocenters. The van der Waals surface area contributed by atoms with Crippen LogP contribution in [0.4, 0.5) is 0 Å². The lowest BCUT2D eigenvalue weighted by Crippen LogP contribution is -2.45. The molecule has 7 nitrogen and oxygen atoms in total. The van der Waals surface area contributed by atoms with E-state index in [1.165, 1.54) is 17.0 Å². The van der Waals surface area contributed by atoms with Crippen molar-refractivity contribution in [2.45, 2.75) is 31.8 Å². The second-order valence-electron chi connectivity index (χ2n) is 8.01. The highest BCUT2D eigenvalue weighted by atomic mass is 16.2. The summed E-state index contributed by atoms with van der Waals surface area (Å²) in [5, 5.41) is 0. The number of amides is 1. The van der Waals surface area contributed by atoms with Crippen LogP contribution in [-0.4, -0.2) is 55.3 Å². The highest BCUT2D eigenvalue weighted by Gasteiger charge is 2.38. The van der Waals surface area contributed by atoms with Gasteiger partial charge in [-0.2, -0.15) is 0 Å². The average Bonchev–Trinajstić information content (AvgIpc) is 3.46. The fourth-order valence-corrected chi connectivity index (χ4v) is 4.83. The third-order valence-corrected chi connectivity index (χ3v) is 6.30. The van der Waals surface area contributed by atoms with Crippen LogP contribution in [0, 0.1) is 5.92 Å². The second-order valence-corrected chi connectivity index (χ2v) is 8.01. The zero-order valence-corrected chi connectivity index (χ0v) is 16.4. The second kappa shape index (κ2) is 7.83. The summed E-state index contributed by atoms with van der Waals surface area (Å²) in [7, 11) is 0. The molecule has 150 valence electrons. The van der Waals surface area contributed by atoms with Crippen LogP contribution in [0.25, 0.3) is 0 Å². The Hall–Kier alpha value is -2.93. The van der Waals surface area contributed by atoms with Gasteiger partial charge in [0.05, 0.1) is 30.6 Å². The van der Waals surface area contributed by atoms with Gasteiger partial charge in [-0.05, 0) is 24.3 Å². The van der Waals surface area contributed by atoms with E-state index in [0.717, 1.165) is 45.4 Å². The number of rotatable bonds is 4. The molecule has 2 aliphatic heterocycles. The van der Waals surface area contributed by atoms with Gasteiger partial charge in [0.15, 0.2) is 0 Å². The van der Waals surface area contributed by atoms with Crippen LogP contribution in [0.2, 0.25) is 0 Å². The maximum absolute atomic E-state index is 12.6. The molecule has 0 aliphatic carbocycles. The Labute approximate surface area is 170 Å². The number of aromatic amines is 2. The molecule has 0 spiro atoms. The molecule has 1 amide bonds. The number of H-pyrrole nitrogens is 2. The highest BCUT2D eigenvalue weighted by Crippen LogP contribution is 2.39. The third-order valence-electron chi connectivity index (χ3n) is 6.30. The van der Waals surface area contributed by atoms with E-state index in [4.69, 9.17) is 4.98 Å². The molecule has 1 aromatic carbocycles. The summed E-state index contributed by atoms with van der Waals surface area (Å²) in [5.41, 5.74) is 4.38. The van der Waals surface area contributed by atoms with Crippen molar-refractivity contribution in [2.24, 2.45) is 5.92 Å². The highest BCUT2D eigenvalue weighted by molar-refractivity contribution is 5.92. The van der Waals surface area contributed by atoms with Gasteiger partial charge in [-0.25, -0.2) is 9.97 Å². The third kappa shape index (κ3) is 3.58. The molecule has 2 aliphatic rings. The monoisotopic (exact) mass is 390 g/mol. The zero-order valence-electron chi connectivity index (χ0n) is 16.4. The summed E-state index contributed by atoms with van der Waals surface area (Å²) in [6.45, 7) is 3.52. The normalized spacial score (nSPS) is 20.6. The van der Waals surface area contributed by atoms with Crippen LogP contribution < -0.4 is 0 Å². The molecule has 0 radical (unpaired) electrons. The Bertz CT molecular complexity index is 943. The SMILES string of the molecule is O=C(c1cnc[nH]1)N1CCC(C2c3nc[nH]c3CCN2Cc2ccccc2)CC1. The van der Waals surface area contributed by atoms with Crippen LogP contribution in [0.1, 0.15) is 46.3 Å². The van der Waals surface area contributed by atoms with Crippen LogP contribution in [-0.2, 0) is 13.0 Å². The van der Waals surface area contributed by atoms with Crippen molar-refractivity contribution in [1.29, 1.82) is 0 Å². The van der Waals surface area contributed by atoms with Crippen molar-refractivity contribution in [3.05, 3.63) is 71.8 Å². The number of carbonyl (C=O) groups is 1. The van der Waals surface area contributed by atoms with Crippen LogP contribution in [0.3, 0.4) is 0 Å². The number of aromatic nitrogens is 4. The van der Waals surface area contributed by atoms with Gasteiger partial charge in [-0.3, -0.25) is 9.69 Å². The van der Waals surface area contributed by atoms with E-state index >= 15 is 0 Å². The van der Waals surface area contributed by atoms with Gasteiger partial charge in [0.25, 0.3) is 5.91 Å². The van der Waals surface area contributed by atoms with Gasteiger partial charge in [0.2, 0.25) is 0 Å². The van der Waals surface area contributed by atoms with Gasteiger partial charge in [-0.1, -0.05) is 30.3 Å². The first kappa shape index (κ1) is 18.1. The van der Waals surface area contributed by atoms with Crippen molar-refractivity contribution in [3.8, 4) is 0 Å². The summed E-state index contributed by atoms with van der Waals surface area (Å²) < 4.78 is 0. The number of likely N-dealkylation sites (tertiary alicyclic amines) is 1. The van der Waals surface area contributed by atoms with Gasteiger partial charge in [0.1, 0.15) is 5.69 Å². The number of imidazole rings is 2. The van der Waals surface area contributed by atoms with Crippen LogP contribution in [0.5, 0.6) is 0 Å². The van der Waals surface area contributed by atoms with Crippen molar-refractivity contribution < 1.29 is 4.79 Å². The molecule has 4 heterocycles. The standard InChI is InChI=1S/C22H26N6O/c29-22(19-12-23-14-24-19)27-9-6-17(7-10-27)21-20-18(25-15-26-20)8-11-28(21)13-16-4-2-1-3-5-16/h1-5,12,14-15,17,21H,6-11,13H2,(H,23,24)(H,25,26). The number of carbonyl (C=O) groups excluding carboxylic acids is 1. The topological polar surface area (TPSA) is 80.9 Å². The molecule has 1 fully saturated rings. The first-order valence-corrected chi connectivity index (χ1v) is 10.4. The molecule has 1 unspecified atom stereocenters. The Morgan fingerprint density at radius 2 is 1.90 bits per heavy atom. The first-order valence-electron chi connectivity index (χ1n) is 10.4. The Morgan fingerprint density at radius 1 is 1.07 bits per heavy atom. The number of benzene rings is 1. The maximum atomic E-state index is 12.6. The number of nitrogens with zero attached hydrogens (tertiary/aromatic N) is 4. The number of hydrogen-bond donors (Lipinski definition) is 2. The summed E-state index contributed by atoms with van der Waals surface area (Å²) >= 11 is 0. The van der Waals surface area contributed by atoms with Crippen LogP contribution in [0.15, 0.2) is 49.2 Å². The number of hydrogen-bond acceptors (Lipinski definition) is 4. The van der Waals surface area contributed by atoms with Gasteiger partial charge in [0, 0.05) is 38.3 Å². The van der Waals surface area contributed by atoms with E-state index in [1.54, 1.807) is 12.5 Å². The quantitative estimate of drug-likeness (QED) is 0.718. The minimum absolute atomic E-state index is 0.0474. The lowest BCUT2D eigenvalue weighted by Gasteiger charge is -2.43. The van der Waals surface area contributed by atoms with Crippen molar-refractivity contribution in [2.75, 3.05) is 19.6 Å². The summed E-state index contributed by atoms with van der Waals surface area (Å²) in [6, 6.07) is 11.0.